The second kappa shape index (κ2) is 9.91. The van der Waals surface area contributed by atoms with E-state index >= 15 is 4.39 Å². The minimum atomic E-state index is -0.398. The number of rotatable bonds is 6. The average molecular weight is 491 g/mol. The van der Waals surface area contributed by atoms with Crippen molar-refractivity contribution < 1.29 is 13.9 Å². The quantitative estimate of drug-likeness (QED) is 0.521. The minimum Gasteiger partial charge on any atom is -0.375 e. The SMILES string of the molecule is O=C(c1cc(C2CC2)c(CN2CCOC(Cc3cc(Cl)cc(Cl)c3)C2)cc1F)N1CCCC1. The van der Waals surface area contributed by atoms with E-state index in [-0.39, 0.29) is 17.6 Å². The Morgan fingerprint density at radius 3 is 2.45 bits per heavy atom. The highest BCUT2D eigenvalue weighted by Gasteiger charge is 2.31. The fraction of sp³-hybridized carbons (Fsp3) is 0.500. The molecule has 0 radical (unpaired) electrons. The van der Waals surface area contributed by atoms with Crippen LogP contribution in [0.2, 0.25) is 10.0 Å². The summed E-state index contributed by atoms with van der Waals surface area (Å²) in [5.74, 6) is -0.120. The van der Waals surface area contributed by atoms with Gasteiger partial charge in [0.25, 0.3) is 5.91 Å². The molecule has 0 N–H and O–H groups in total. The van der Waals surface area contributed by atoms with E-state index < -0.39 is 5.82 Å². The number of hydrogen-bond donors (Lipinski definition) is 0. The van der Waals surface area contributed by atoms with Crippen LogP contribution in [0, 0.1) is 5.82 Å². The third kappa shape index (κ3) is 5.54. The molecule has 1 aliphatic carbocycles. The molecule has 1 amide bonds. The Bertz CT molecular complexity index is 1020. The van der Waals surface area contributed by atoms with Crippen LogP contribution >= 0.6 is 23.2 Å². The van der Waals surface area contributed by atoms with E-state index in [2.05, 4.69) is 4.90 Å². The first-order chi connectivity index (χ1) is 16.0. The Kier molecular flexibility index (Phi) is 6.94. The van der Waals surface area contributed by atoms with Crippen LogP contribution in [0.5, 0.6) is 0 Å². The summed E-state index contributed by atoms with van der Waals surface area (Å²) in [6.45, 7) is 4.30. The predicted molar refractivity (Wildman–Crippen MR) is 129 cm³/mol. The zero-order valence-corrected chi connectivity index (χ0v) is 20.2. The van der Waals surface area contributed by atoms with E-state index in [1.807, 2.05) is 18.2 Å². The van der Waals surface area contributed by atoms with Gasteiger partial charge in [-0.25, -0.2) is 4.39 Å². The van der Waals surface area contributed by atoms with Crippen molar-refractivity contribution in [3.63, 3.8) is 0 Å². The van der Waals surface area contributed by atoms with Crippen molar-refractivity contribution in [3.05, 3.63) is 68.4 Å². The van der Waals surface area contributed by atoms with Crippen LogP contribution < -0.4 is 0 Å². The summed E-state index contributed by atoms with van der Waals surface area (Å²) in [4.78, 5) is 17.0. The number of nitrogens with zero attached hydrogens (tertiary/aromatic N) is 2. The van der Waals surface area contributed by atoms with Gasteiger partial charge in [-0.3, -0.25) is 9.69 Å². The van der Waals surface area contributed by atoms with E-state index in [9.17, 15) is 4.79 Å². The molecule has 2 aromatic carbocycles. The van der Waals surface area contributed by atoms with Crippen LogP contribution in [0.15, 0.2) is 30.3 Å². The van der Waals surface area contributed by atoms with E-state index in [1.165, 1.54) is 0 Å². The summed E-state index contributed by atoms with van der Waals surface area (Å²) >= 11 is 12.3. The summed E-state index contributed by atoms with van der Waals surface area (Å²) in [6.07, 6.45) is 4.97. The molecule has 4 nitrogen and oxygen atoms in total. The molecule has 2 saturated heterocycles. The van der Waals surface area contributed by atoms with Gasteiger partial charge in [0.05, 0.1) is 18.3 Å². The van der Waals surface area contributed by atoms with Gasteiger partial charge in [0.2, 0.25) is 0 Å². The highest BCUT2D eigenvalue weighted by Crippen LogP contribution is 2.43. The molecule has 2 aliphatic heterocycles. The predicted octanol–water partition coefficient (Wildman–Crippen LogP) is 5.69. The van der Waals surface area contributed by atoms with E-state index in [4.69, 9.17) is 27.9 Å². The van der Waals surface area contributed by atoms with Crippen molar-refractivity contribution in [3.8, 4) is 0 Å². The summed E-state index contributed by atoms with van der Waals surface area (Å²) in [7, 11) is 0. The number of benzene rings is 2. The van der Waals surface area contributed by atoms with Gasteiger partial charge in [-0.05, 0) is 85.0 Å². The molecule has 33 heavy (non-hydrogen) atoms. The second-order valence-corrected chi connectivity index (χ2v) is 10.4. The van der Waals surface area contributed by atoms with E-state index in [0.717, 1.165) is 75.0 Å². The van der Waals surface area contributed by atoms with Crippen molar-refractivity contribution in [1.29, 1.82) is 0 Å². The molecular weight excluding hydrogens is 462 g/mol. The molecule has 3 aliphatic rings. The maximum absolute atomic E-state index is 15.1. The van der Waals surface area contributed by atoms with Gasteiger partial charge in [0, 0.05) is 42.8 Å². The van der Waals surface area contributed by atoms with Crippen LogP contribution in [0.3, 0.4) is 0 Å². The van der Waals surface area contributed by atoms with Crippen molar-refractivity contribution in [2.75, 3.05) is 32.8 Å². The standard InChI is InChI=1S/C26H29Cl2FN2O2/c27-20-9-17(10-21(28)13-20)11-22-16-30(7-8-33-22)15-19-12-25(29)24(14-23(19)18-3-4-18)26(32)31-5-1-2-6-31/h9-10,12-14,18,22H,1-8,11,15-16H2. The Hall–Kier alpha value is -1.66. The van der Waals surface area contributed by atoms with Crippen molar-refractivity contribution in [2.24, 2.45) is 0 Å². The Labute approximate surface area is 204 Å². The molecule has 0 bridgehead atoms. The summed E-state index contributed by atoms with van der Waals surface area (Å²) in [6, 6.07) is 9.03. The molecule has 2 heterocycles. The molecule has 5 rings (SSSR count). The van der Waals surface area contributed by atoms with Gasteiger partial charge in [0.15, 0.2) is 0 Å². The largest absolute Gasteiger partial charge is 0.375 e. The number of amides is 1. The molecule has 0 spiro atoms. The van der Waals surface area contributed by atoms with E-state index in [1.54, 1.807) is 17.0 Å². The third-order valence-electron chi connectivity index (χ3n) is 6.87. The van der Waals surface area contributed by atoms with Crippen LogP contribution in [0.25, 0.3) is 0 Å². The molecule has 2 aromatic rings. The normalized spacial score (nSPS) is 21.5. The fourth-order valence-electron chi connectivity index (χ4n) is 5.08. The molecule has 1 unspecified atom stereocenters. The zero-order valence-electron chi connectivity index (χ0n) is 18.7. The molecular formula is C26H29Cl2FN2O2. The third-order valence-corrected chi connectivity index (χ3v) is 7.31. The molecule has 0 aromatic heterocycles. The first-order valence-corrected chi connectivity index (χ1v) is 12.6. The number of carbonyl (C=O) groups is 1. The second-order valence-electron chi connectivity index (χ2n) is 9.51. The van der Waals surface area contributed by atoms with Crippen molar-refractivity contribution in [1.82, 2.24) is 9.80 Å². The molecule has 3 fully saturated rings. The topological polar surface area (TPSA) is 32.8 Å². The summed E-state index contributed by atoms with van der Waals surface area (Å²) in [5, 5.41) is 1.25. The highest BCUT2D eigenvalue weighted by atomic mass is 35.5. The summed E-state index contributed by atoms with van der Waals surface area (Å²) in [5.41, 5.74) is 3.43. The minimum absolute atomic E-state index is 0.0264. The number of morpholine rings is 1. The van der Waals surface area contributed by atoms with Crippen molar-refractivity contribution in [2.45, 2.75) is 50.7 Å². The Morgan fingerprint density at radius 1 is 1.03 bits per heavy atom. The molecule has 1 atom stereocenters. The van der Waals surface area contributed by atoms with Crippen LogP contribution in [-0.2, 0) is 17.7 Å². The number of halogens is 3. The van der Waals surface area contributed by atoms with Gasteiger partial charge in [-0.2, -0.15) is 0 Å². The number of likely N-dealkylation sites (tertiary alicyclic amines) is 1. The van der Waals surface area contributed by atoms with Crippen LogP contribution in [0.4, 0.5) is 4.39 Å². The average Bonchev–Trinajstić information content (AvgIpc) is 3.45. The number of ether oxygens (including phenoxy) is 1. The lowest BCUT2D eigenvalue weighted by Gasteiger charge is -2.33. The lowest BCUT2D eigenvalue weighted by Crippen LogP contribution is -2.43. The smallest absolute Gasteiger partial charge is 0.256 e. The maximum Gasteiger partial charge on any atom is 0.256 e. The van der Waals surface area contributed by atoms with Gasteiger partial charge in [-0.15, -0.1) is 0 Å². The molecule has 7 heteroatoms. The van der Waals surface area contributed by atoms with Crippen LogP contribution in [0.1, 0.15) is 58.6 Å². The first-order valence-electron chi connectivity index (χ1n) is 11.9. The highest BCUT2D eigenvalue weighted by molar-refractivity contribution is 6.34. The van der Waals surface area contributed by atoms with Crippen molar-refractivity contribution >= 4 is 29.1 Å². The van der Waals surface area contributed by atoms with Gasteiger partial charge >= 0.3 is 0 Å². The Balaban J connectivity index is 1.30. The summed E-state index contributed by atoms with van der Waals surface area (Å²) < 4.78 is 21.1. The number of carbonyl (C=O) groups excluding carboxylic acids is 1. The Morgan fingerprint density at radius 2 is 1.76 bits per heavy atom. The molecule has 176 valence electrons. The van der Waals surface area contributed by atoms with Gasteiger partial charge < -0.3 is 9.64 Å². The lowest BCUT2D eigenvalue weighted by atomic mass is 9.97. The zero-order chi connectivity index (χ0) is 22.9. The monoisotopic (exact) mass is 490 g/mol. The van der Waals surface area contributed by atoms with Gasteiger partial charge in [0.1, 0.15) is 5.82 Å². The molecule has 1 saturated carbocycles. The van der Waals surface area contributed by atoms with Gasteiger partial charge in [-0.1, -0.05) is 23.2 Å². The fourth-order valence-corrected chi connectivity index (χ4v) is 5.65. The van der Waals surface area contributed by atoms with Crippen LogP contribution in [-0.4, -0.2) is 54.6 Å². The van der Waals surface area contributed by atoms with E-state index in [0.29, 0.717) is 29.1 Å². The lowest BCUT2D eigenvalue weighted by molar-refractivity contribution is -0.0305. The maximum atomic E-state index is 15.1. The number of hydrogen-bond acceptors (Lipinski definition) is 3. The first kappa shape index (κ1) is 23.1.